The van der Waals surface area contributed by atoms with E-state index in [2.05, 4.69) is 17.6 Å². The molecule has 2 unspecified atom stereocenters. The first-order valence-electron chi connectivity index (χ1n) is 6.79. The van der Waals surface area contributed by atoms with E-state index < -0.39 is 12.0 Å². The van der Waals surface area contributed by atoms with E-state index in [1.165, 1.54) is 0 Å². The van der Waals surface area contributed by atoms with Gasteiger partial charge in [-0.2, -0.15) is 0 Å². The maximum Gasteiger partial charge on any atom is 0.321 e. The van der Waals surface area contributed by atoms with E-state index in [1.54, 1.807) is 0 Å². The van der Waals surface area contributed by atoms with Gasteiger partial charge in [0.25, 0.3) is 0 Å². The van der Waals surface area contributed by atoms with Gasteiger partial charge in [0.15, 0.2) is 0 Å². The highest BCUT2D eigenvalue weighted by Gasteiger charge is 2.23. The number of carboxylic acids is 1. The van der Waals surface area contributed by atoms with Gasteiger partial charge in [0, 0.05) is 18.9 Å². The van der Waals surface area contributed by atoms with Crippen LogP contribution in [0.25, 0.3) is 0 Å². The third kappa shape index (κ3) is 6.79. The Kier molecular flexibility index (Phi) is 6.32. The highest BCUT2D eigenvalue weighted by atomic mass is 16.4. The third-order valence-electron chi connectivity index (χ3n) is 3.33. The molecule has 3 N–H and O–H groups in total. The molecule has 1 rings (SSSR count). The lowest BCUT2D eigenvalue weighted by Crippen LogP contribution is -2.43. The van der Waals surface area contributed by atoms with Crippen LogP contribution in [0.15, 0.2) is 0 Å². The molecule has 0 bridgehead atoms. The second kappa shape index (κ2) is 7.76. The van der Waals surface area contributed by atoms with Crippen molar-refractivity contribution in [2.45, 2.75) is 57.9 Å². The zero-order chi connectivity index (χ0) is 14.3. The van der Waals surface area contributed by atoms with Crippen molar-refractivity contribution < 1.29 is 19.5 Å². The van der Waals surface area contributed by atoms with Crippen LogP contribution in [0.3, 0.4) is 0 Å². The molecule has 1 fully saturated rings. The largest absolute Gasteiger partial charge is 0.481 e. The van der Waals surface area contributed by atoms with E-state index in [-0.39, 0.29) is 24.8 Å². The summed E-state index contributed by atoms with van der Waals surface area (Å²) >= 11 is 0. The molecule has 19 heavy (non-hydrogen) atoms. The average molecular weight is 270 g/mol. The number of urea groups is 1. The first-order valence-corrected chi connectivity index (χ1v) is 6.79. The monoisotopic (exact) mass is 270 g/mol. The summed E-state index contributed by atoms with van der Waals surface area (Å²) in [6, 6.07) is -0.280. The van der Waals surface area contributed by atoms with E-state index >= 15 is 0 Å². The Labute approximate surface area is 112 Å². The minimum Gasteiger partial charge on any atom is -0.481 e. The van der Waals surface area contributed by atoms with Crippen molar-refractivity contribution in [3.05, 3.63) is 0 Å². The molecule has 0 saturated heterocycles. The summed E-state index contributed by atoms with van der Waals surface area (Å²) in [5, 5.41) is 13.5. The number of unbranched alkanes of at least 4 members (excludes halogenated alkanes) is 1. The Morgan fingerprint density at radius 1 is 1.16 bits per heavy atom. The second-order valence-electron chi connectivity index (χ2n) is 5.24. The fourth-order valence-electron chi connectivity index (χ4n) is 2.31. The van der Waals surface area contributed by atoms with Crippen LogP contribution in [0.4, 0.5) is 4.79 Å². The fourth-order valence-corrected chi connectivity index (χ4v) is 2.31. The number of hydrogen-bond acceptors (Lipinski definition) is 3. The van der Waals surface area contributed by atoms with Gasteiger partial charge in [0.1, 0.15) is 0 Å². The quantitative estimate of drug-likeness (QED) is 0.639. The van der Waals surface area contributed by atoms with Gasteiger partial charge in [0.2, 0.25) is 5.91 Å². The van der Waals surface area contributed by atoms with Crippen LogP contribution in [0, 0.1) is 5.92 Å². The summed E-state index contributed by atoms with van der Waals surface area (Å²) in [6.07, 6.45) is 4.19. The van der Waals surface area contributed by atoms with Gasteiger partial charge in [-0.15, -0.1) is 0 Å². The molecule has 0 heterocycles. The van der Waals surface area contributed by atoms with E-state index in [1.807, 2.05) is 0 Å². The summed E-state index contributed by atoms with van der Waals surface area (Å²) in [5.41, 5.74) is 0. The number of aliphatic carboxylic acids is 1. The molecule has 108 valence electrons. The van der Waals surface area contributed by atoms with Crippen molar-refractivity contribution in [2.75, 3.05) is 0 Å². The molecular formula is C13H22N2O4. The van der Waals surface area contributed by atoms with Crippen LogP contribution in [0.1, 0.15) is 51.9 Å². The van der Waals surface area contributed by atoms with Crippen molar-refractivity contribution >= 4 is 17.9 Å². The topological polar surface area (TPSA) is 95.5 Å². The lowest BCUT2D eigenvalue weighted by Gasteiger charge is -2.12. The van der Waals surface area contributed by atoms with E-state index in [0.29, 0.717) is 18.8 Å². The number of hydrogen-bond donors (Lipinski definition) is 3. The number of nitrogens with one attached hydrogen (secondary N) is 2. The Bertz CT molecular complexity index is 344. The second-order valence-corrected chi connectivity index (χ2v) is 5.24. The molecule has 6 heteroatoms. The molecule has 1 aliphatic rings. The lowest BCUT2D eigenvalue weighted by atomic mass is 10.1. The fraction of sp³-hybridized carbons (Fsp3) is 0.769. The van der Waals surface area contributed by atoms with Gasteiger partial charge < -0.3 is 10.4 Å². The molecule has 3 amide bonds. The van der Waals surface area contributed by atoms with Crippen LogP contribution < -0.4 is 10.6 Å². The summed E-state index contributed by atoms with van der Waals surface area (Å²) in [4.78, 5) is 33.2. The summed E-state index contributed by atoms with van der Waals surface area (Å²) in [5.74, 6) is -0.598. The molecule has 2 atom stereocenters. The van der Waals surface area contributed by atoms with Crippen LogP contribution >= 0.6 is 0 Å². The van der Waals surface area contributed by atoms with Gasteiger partial charge in [-0.1, -0.05) is 6.92 Å². The number of carbonyl (C=O) groups is 3. The predicted molar refractivity (Wildman–Crippen MR) is 69.6 cm³/mol. The minimum atomic E-state index is -0.867. The van der Waals surface area contributed by atoms with Crippen LogP contribution in [0.2, 0.25) is 0 Å². The molecule has 1 aliphatic carbocycles. The Hall–Kier alpha value is -1.59. The Morgan fingerprint density at radius 2 is 1.84 bits per heavy atom. The Balaban J connectivity index is 2.10. The molecule has 0 aromatic rings. The normalized spacial score (nSPS) is 21.9. The third-order valence-corrected chi connectivity index (χ3v) is 3.33. The maximum atomic E-state index is 11.5. The predicted octanol–water partition coefficient (Wildman–Crippen LogP) is 1.65. The standard InChI is InChI=1S/C13H22N2O4/c1-9-6-7-10(8-9)14-13(19)15-11(16)4-2-3-5-12(17)18/h9-10H,2-8H2,1H3,(H,17,18)(H2,14,15,16,19). The maximum absolute atomic E-state index is 11.5. The molecule has 0 aromatic heterocycles. The van der Waals surface area contributed by atoms with E-state index in [9.17, 15) is 14.4 Å². The number of amides is 3. The van der Waals surface area contributed by atoms with Gasteiger partial charge in [-0.3, -0.25) is 14.9 Å². The zero-order valence-electron chi connectivity index (χ0n) is 11.3. The number of rotatable bonds is 6. The highest BCUT2D eigenvalue weighted by Crippen LogP contribution is 2.24. The molecule has 0 aromatic carbocycles. The van der Waals surface area contributed by atoms with Crippen molar-refractivity contribution in [1.29, 1.82) is 0 Å². The highest BCUT2D eigenvalue weighted by molar-refractivity contribution is 5.94. The number of imide groups is 1. The molecule has 0 radical (unpaired) electrons. The number of carboxylic acid groups (broad SMARTS) is 1. The molecule has 0 aliphatic heterocycles. The molecule has 0 spiro atoms. The van der Waals surface area contributed by atoms with E-state index in [4.69, 9.17) is 5.11 Å². The molecule has 6 nitrogen and oxygen atoms in total. The summed E-state index contributed by atoms with van der Waals surface area (Å²) < 4.78 is 0. The van der Waals surface area contributed by atoms with Gasteiger partial charge >= 0.3 is 12.0 Å². The average Bonchev–Trinajstić information content (AvgIpc) is 2.69. The van der Waals surface area contributed by atoms with Gasteiger partial charge in [-0.25, -0.2) is 4.79 Å². The van der Waals surface area contributed by atoms with Gasteiger partial charge in [-0.05, 0) is 38.0 Å². The number of carbonyl (C=O) groups excluding carboxylic acids is 2. The van der Waals surface area contributed by atoms with Crippen LogP contribution in [0.5, 0.6) is 0 Å². The SMILES string of the molecule is CC1CCC(NC(=O)NC(=O)CCCCC(=O)O)C1. The zero-order valence-corrected chi connectivity index (χ0v) is 11.3. The first-order chi connectivity index (χ1) is 8.97. The van der Waals surface area contributed by atoms with Crippen molar-refractivity contribution in [2.24, 2.45) is 5.92 Å². The van der Waals surface area contributed by atoms with E-state index in [0.717, 1.165) is 19.3 Å². The molecular weight excluding hydrogens is 248 g/mol. The smallest absolute Gasteiger partial charge is 0.321 e. The van der Waals surface area contributed by atoms with Gasteiger partial charge in [0.05, 0.1) is 0 Å². The first kappa shape index (κ1) is 15.5. The van der Waals surface area contributed by atoms with Crippen LogP contribution in [-0.4, -0.2) is 29.1 Å². The van der Waals surface area contributed by atoms with Crippen LogP contribution in [-0.2, 0) is 9.59 Å². The summed E-state index contributed by atoms with van der Waals surface area (Å²) in [6.45, 7) is 2.15. The Morgan fingerprint density at radius 3 is 2.42 bits per heavy atom. The summed E-state index contributed by atoms with van der Waals surface area (Å²) in [7, 11) is 0. The molecule has 1 saturated carbocycles. The lowest BCUT2D eigenvalue weighted by molar-refractivity contribution is -0.137. The van der Waals surface area contributed by atoms with Crippen molar-refractivity contribution in [1.82, 2.24) is 10.6 Å². The minimum absolute atomic E-state index is 0.0550. The van der Waals surface area contributed by atoms with Crippen molar-refractivity contribution in [3.63, 3.8) is 0 Å². The van der Waals surface area contributed by atoms with Crippen molar-refractivity contribution in [3.8, 4) is 0 Å².